The summed E-state index contributed by atoms with van der Waals surface area (Å²) in [6.07, 6.45) is -0.564. The SMILES string of the molecule is N#C/C(C(N)=O)=C(\N)CC(=O)O. The van der Waals surface area contributed by atoms with Crippen molar-refractivity contribution in [3.05, 3.63) is 11.3 Å². The fraction of sp³-hybridized carbons (Fsp3) is 0.167. The van der Waals surface area contributed by atoms with Crippen LogP contribution in [0.1, 0.15) is 6.42 Å². The molecule has 12 heavy (non-hydrogen) atoms. The molecule has 0 aromatic rings. The van der Waals surface area contributed by atoms with Crippen molar-refractivity contribution in [2.45, 2.75) is 6.42 Å². The number of amides is 1. The summed E-state index contributed by atoms with van der Waals surface area (Å²) in [4.78, 5) is 20.5. The molecule has 0 atom stereocenters. The number of rotatable bonds is 3. The number of aliphatic carboxylic acids is 1. The quantitative estimate of drug-likeness (QED) is 0.356. The number of hydrogen-bond donors (Lipinski definition) is 3. The summed E-state index contributed by atoms with van der Waals surface area (Å²) in [6.45, 7) is 0. The van der Waals surface area contributed by atoms with E-state index < -0.39 is 23.9 Å². The second kappa shape index (κ2) is 3.98. The first kappa shape index (κ1) is 9.97. The Hall–Kier alpha value is -2.03. The Morgan fingerprint density at radius 1 is 1.42 bits per heavy atom. The van der Waals surface area contributed by atoms with Gasteiger partial charge in [-0.05, 0) is 0 Å². The summed E-state index contributed by atoms with van der Waals surface area (Å²) in [5.74, 6) is -2.24. The number of carboxylic acid groups (broad SMARTS) is 1. The predicted molar refractivity (Wildman–Crippen MR) is 38.3 cm³/mol. The van der Waals surface area contributed by atoms with Gasteiger partial charge in [-0.3, -0.25) is 9.59 Å². The summed E-state index contributed by atoms with van der Waals surface area (Å²) in [6, 6.07) is 1.42. The maximum Gasteiger partial charge on any atom is 0.309 e. The van der Waals surface area contributed by atoms with Crippen molar-refractivity contribution in [1.29, 1.82) is 5.26 Å². The number of primary amides is 1. The van der Waals surface area contributed by atoms with E-state index in [1.54, 1.807) is 0 Å². The predicted octanol–water partition coefficient (Wildman–Crippen LogP) is -1.32. The normalized spacial score (nSPS) is 11.2. The number of hydrogen-bond acceptors (Lipinski definition) is 4. The molecule has 0 radical (unpaired) electrons. The second-order valence-electron chi connectivity index (χ2n) is 1.95. The Bertz CT molecular complexity index is 287. The van der Waals surface area contributed by atoms with E-state index in [4.69, 9.17) is 21.8 Å². The van der Waals surface area contributed by atoms with E-state index in [1.165, 1.54) is 6.07 Å². The van der Waals surface area contributed by atoms with Crippen LogP contribution in [0.2, 0.25) is 0 Å². The average Bonchev–Trinajstić information content (AvgIpc) is 1.85. The lowest BCUT2D eigenvalue weighted by molar-refractivity contribution is -0.136. The summed E-state index contributed by atoms with van der Waals surface area (Å²) < 4.78 is 0. The third-order valence-electron chi connectivity index (χ3n) is 1.02. The minimum absolute atomic E-state index is 0.322. The molecule has 6 heteroatoms. The molecule has 0 aliphatic rings. The van der Waals surface area contributed by atoms with Crippen molar-refractivity contribution >= 4 is 11.9 Å². The van der Waals surface area contributed by atoms with Gasteiger partial charge in [0.05, 0.1) is 6.42 Å². The lowest BCUT2D eigenvalue weighted by Gasteiger charge is -1.97. The Morgan fingerprint density at radius 3 is 2.17 bits per heavy atom. The van der Waals surface area contributed by atoms with Crippen molar-refractivity contribution in [2.24, 2.45) is 11.5 Å². The molecule has 6 nitrogen and oxygen atoms in total. The summed E-state index contributed by atoms with van der Waals surface area (Å²) >= 11 is 0. The fourth-order valence-electron chi connectivity index (χ4n) is 0.536. The van der Waals surface area contributed by atoms with Crippen LogP contribution in [-0.4, -0.2) is 17.0 Å². The number of nitrogens with zero attached hydrogens (tertiary/aromatic N) is 1. The third kappa shape index (κ3) is 2.70. The van der Waals surface area contributed by atoms with Crippen LogP contribution in [0.3, 0.4) is 0 Å². The Labute approximate surface area is 68.1 Å². The molecule has 0 rings (SSSR count). The fourth-order valence-corrected chi connectivity index (χ4v) is 0.536. The zero-order chi connectivity index (χ0) is 9.72. The van der Waals surface area contributed by atoms with Gasteiger partial charge in [-0.2, -0.15) is 5.26 Å². The number of carbonyl (C=O) groups excluding carboxylic acids is 1. The van der Waals surface area contributed by atoms with Crippen LogP contribution in [0.15, 0.2) is 11.3 Å². The zero-order valence-corrected chi connectivity index (χ0v) is 6.07. The molecule has 64 valence electrons. The minimum Gasteiger partial charge on any atom is -0.481 e. The zero-order valence-electron chi connectivity index (χ0n) is 6.07. The summed E-state index contributed by atoms with van der Waals surface area (Å²) in [7, 11) is 0. The van der Waals surface area contributed by atoms with E-state index in [9.17, 15) is 9.59 Å². The van der Waals surface area contributed by atoms with Gasteiger partial charge in [0.15, 0.2) is 0 Å². The molecule has 0 bridgehead atoms. The van der Waals surface area contributed by atoms with Crippen LogP contribution in [0.5, 0.6) is 0 Å². The Balaban J connectivity index is 4.76. The van der Waals surface area contributed by atoms with E-state index in [-0.39, 0.29) is 5.70 Å². The molecule has 0 aliphatic heterocycles. The van der Waals surface area contributed by atoms with Crippen LogP contribution in [-0.2, 0) is 9.59 Å². The third-order valence-corrected chi connectivity index (χ3v) is 1.02. The molecule has 0 spiro atoms. The largest absolute Gasteiger partial charge is 0.481 e. The Kier molecular flexibility index (Phi) is 3.30. The van der Waals surface area contributed by atoms with Gasteiger partial charge in [0.1, 0.15) is 11.6 Å². The number of nitriles is 1. The number of nitrogens with two attached hydrogens (primary N) is 2. The maximum absolute atomic E-state index is 10.4. The molecule has 0 heterocycles. The molecule has 0 aromatic carbocycles. The standard InChI is InChI=1S/C6H7N3O3/c7-2-3(6(9)12)4(8)1-5(10)11/h1,8H2,(H2,9,12)(H,10,11)/b4-3+. The monoisotopic (exact) mass is 169 g/mol. The van der Waals surface area contributed by atoms with Crippen molar-refractivity contribution in [2.75, 3.05) is 0 Å². The first-order valence-corrected chi connectivity index (χ1v) is 2.89. The minimum atomic E-state index is -1.22. The van der Waals surface area contributed by atoms with Crippen molar-refractivity contribution in [1.82, 2.24) is 0 Å². The van der Waals surface area contributed by atoms with Gasteiger partial charge in [-0.1, -0.05) is 0 Å². The molecule has 0 unspecified atom stereocenters. The van der Waals surface area contributed by atoms with Crippen molar-refractivity contribution in [3.63, 3.8) is 0 Å². The number of carboxylic acids is 1. The molecule has 0 fully saturated rings. The van der Waals surface area contributed by atoms with Crippen LogP contribution < -0.4 is 11.5 Å². The molecular weight excluding hydrogens is 162 g/mol. The van der Waals surface area contributed by atoms with E-state index in [0.29, 0.717) is 0 Å². The van der Waals surface area contributed by atoms with E-state index in [1.807, 2.05) is 0 Å². The lowest BCUT2D eigenvalue weighted by atomic mass is 10.2. The van der Waals surface area contributed by atoms with Gasteiger partial charge in [0.25, 0.3) is 5.91 Å². The molecular formula is C6H7N3O3. The molecule has 5 N–H and O–H groups in total. The first-order chi connectivity index (χ1) is 5.49. The van der Waals surface area contributed by atoms with Crippen LogP contribution >= 0.6 is 0 Å². The van der Waals surface area contributed by atoms with Gasteiger partial charge in [-0.15, -0.1) is 0 Å². The lowest BCUT2D eigenvalue weighted by Crippen LogP contribution is -2.19. The summed E-state index contributed by atoms with van der Waals surface area (Å²) in [5, 5.41) is 16.5. The molecule has 0 aliphatic carbocycles. The topological polar surface area (TPSA) is 130 Å². The van der Waals surface area contributed by atoms with Gasteiger partial charge < -0.3 is 16.6 Å². The smallest absolute Gasteiger partial charge is 0.309 e. The number of carbonyl (C=O) groups is 2. The summed E-state index contributed by atoms with van der Waals surface area (Å²) in [5.41, 5.74) is 9.01. The highest BCUT2D eigenvalue weighted by molar-refractivity contribution is 5.97. The van der Waals surface area contributed by atoms with E-state index in [0.717, 1.165) is 0 Å². The van der Waals surface area contributed by atoms with Gasteiger partial charge in [-0.25, -0.2) is 0 Å². The van der Waals surface area contributed by atoms with Gasteiger partial charge in [0, 0.05) is 5.70 Å². The highest BCUT2D eigenvalue weighted by Crippen LogP contribution is 2.00. The second-order valence-corrected chi connectivity index (χ2v) is 1.95. The maximum atomic E-state index is 10.4. The molecule has 0 aromatic heterocycles. The highest BCUT2D eigenvalue weighted by atomic mass is 16.4. The van der Waals surface area contributed by atoms with Crippen LogP contribution in [0.25, 0.3) is 0 Å². The van der Waals surface area contributed by atoms with Crippen molar-refractivity contribution < 1.29 is 14.7 Å². The van der Waals surface area contributed by atoms with E-state index in [2.05, 4.69) is 0 Å². The molecule has 1 amide bonds. The molecule has 0 saturated heterocycles. The van der Waals surface area contributed by atoms with Crippen molar-refractivity contribution in [3.8, 4) is 6.07 Å². The van der Waals surface area contributed by atoms with Gasteiger partial charge in [0.2, 0.25) is 0 Å². The first-order valence-electron chi connectivity index (χ1n) is 2.89. The Morgan fingerprint density at radius 2 is 1.92 bits per heavy atom. The van der Waals surface area contributed by atoms with Gasteiger partial charge >= 0.3 is 5.97 Å². The van der Waals surface area contributed by atoms with E-state index >= 15 is 0 Å². The van der Waals surface area contributed by atoms with Crippen LogP contribution in [0, 0.1) is 11.3 Å². The average molecular weight is 169 g/mol. The molecule has 0 saturated carbocycles. The van der Waals surface area contributed by atoms with Crippen LogP contribution in [0.4, 0.5) is 0 Å². The highest BCUT2D eigenvalue weighted by Gasteiger charge is 2.11.